The van der Waals surface area contributed by atoms with Crippen molar-refractivity contribution in [2.24, 2.45) is 4.99 Å². The summed E-state index contributed by atoms with van der Waals surface area (Å²) >= 11 is 0. The first kappa shape index (κ1) is 14.4. The van der Waals surface area contributed by atoms with E-state index in [0.717, 1.165) is 12.0 Å². The number of nitrogens with one attached hydrogen (secondary N) is 1. The molecule has 0 amide bonds. The van der Waals surface area contributed by atoms with Crippen molar-refractivity contribution in [1.29, 1.82) is 0 Å². The summed E-state index contributed by atoms with van der Waals surface area (Å²) in [6, 6.07) is 7.16. The second-order valence-electron chi connectivity index (χ2n) is 3.88. The Morgan fingerprint density at radius 3 is 2.56 bits per heavy atom. The lowest BCUT2D eigenvalue weighted by molar-refractivity contribution is 0.601. The highest BCUT2D eigenvalue weighted by Crippen LogP contribution is 2.10. The summed E-state index contributed by atoms with van der Waals surface area (Å²) in [6.45, 7) is 3.95. The van der Waals surface area contributed by atoms with Gasteiger partial charge in [0, 0.05) is 11.9 Å². The van der Waals surface area contributed by atoms with Crippen LogP contribution < -0.4 is 4.72 Å². The fraction of sp³-hybridized carbons (Fsp3) is 0.308. The average Bonchev–Trinajstić information content (AvgIpc) is 2.31. The molecule has 0 saturated heterocycles. The van der Waals surface area contributed by atoms with Gasteiger partial charge in [0.1, 0.15) is 0 Å². The van der Waals surface area contributed by atoms with Gasteiger partial charge in [-0.15, -0.1) is 0 Å². The largest absolute Gasteiger partial charge is 0.282 e. The van der Waals surface area contributed by atoms with Gasteiger partial charge in [-0.3, -0.25) is 9.71 Å². The number of rotatable bonds is 6. The standard InChI is InChI=1S/C13H18N2O2S/c1-3-4-5-10-14-11-18(16,17)15-13-8-6-12(2)7-9-13/h4-10,15H,3,11H2,1-2H3/b5-4-,14-10-. The zero-order valence-corrected chi connectivity index (χ0v) is 11.4. The average molecular weight is 266 g/mol. The molecule has 0 heterocycles. The molecule has 0 aliphatic rings. The molecule has 0 fully saturated rings. The van der Waals surface area contributed by atoms with Gasteiger partial charge in [-0.1, -0.05) is 30.7 Å². The summed E-state index contributed by atoms with van der Waals surface area (Å²) in [5.41, 5.74) is 1.64. The van der Waals surface area contributed by atoms with Gasteiger partial charge in [-0.25, -0.2) is 8.42 Å². The summed E-state index contributed by atoms with van der Waals surface area (Å²) in [5, 5.41) is 0. The van der Waals surface area contributed by atoms with Crippen molar-refractivity contribution in [3.8, 4) is 0 Å². The molecule has 0 unspecified atom stereocenters. The third-order valence-electron chi connectivity index (χ3n) is 2.13. The molecule has 1 N–H and O–H groups in total. The highest BCUT2D eigenvalue weighted by molar-refractivity contribution is 7.92. The lowest BCUT2D eigenvalue weighted by Crippen LogP contribution is -2.15. The van der Waals surface area contributed by atoms with E-state index in [0.29, 0.717) is 5.69 Å². The first-order valence-corrected chi connectivity index (χ1v) is 7.41. The summed E-state index contributed by atoms with van der Waals surface area (Å²) < 4.78 is 25.8. The maximum atomic E-state index is 11.7. The predicted octanol–water partition coefficient (Wildman–Crippen LogP) is 2.73. The lowest BCUT2D eigenvalue weighted by Gasteiger charge is -2.05. The first-order valence-electron chi connectivity index (χ1n) is 5.75. The van der Waals surface area contributed by atoms with E-state index in [4.69, 9.17) is 0 Å². The maximum Gasteiger partial charge on any atom is 0.253 e. The minimum atomic E-state index is -3.42. The van der Waals surface area contributed by atoms with Crippen LogP contribution in [0.15, 0.2) is 41.4 Å². The van der Waals surface area contributed by atoms with Crippen molar-refractivity contribution in [2.45, 2.75) is 20.3 Å². The molecule has 0 saturated carbocycles. The number of benzene rings is 1. The smallest absolute Gasteiger partial charge is 0.253 e. The van der Waals surface area contributed by atoms with Crippen LogP contribution >= 0.6 is 0 Å². The number of hydrogen-bond donors (Lipinski definition) is 1. The van der Waals surface area contributed by atoms with E-state index in [1.807, 2.05) is 32.1 Å². The fourth-order valence-electron chi connectivity index (χ4n) is 1.23. The molecule has 0 aromatic heterocycles. The second kappa shape index (κ2) is 6.96. The van der Waals surface area contributed by atoms with Crippen LogP contribution in [0.25, 0.3) is 0 Å². The van der Waals surface area contributed by atoms with Gasteiger partial charge < -0.3 is 0 Å². The number of aliphatic imine (C=N–C) groups is 1. The number of sulfonamides is 1. The predicted molar refractivity (Wildman–Crippen MR) is 76.5 cm³/mol. The zero-order valence-electron chi connectivity index (χ0n) is 10.6. The Hall–Kier alpha value is -1.62. The van der Waals surface area contributed by atoms with Crippen LogP contribution in [0.4, 0.5) is 5.69 Å². The Bertz CT molecular complexity index is 516. The number of nitrogens with zero attached hydrogens (tertiary/aromatic N) is 1. The van der Waals surface area contributed by atoms with Crippen molar-refractivity contribution >= 4 is 21.9 Å². The van der Waals surface area contributed by atoms with Crippen LogP contribution in [0.2, 0.25) is 0 Å². The summed E-state index contributed by atoms with van der Waals surface area (Å²) in [5.74, 6) is -0.269. The summed E-state index contributed by atoms with van der Waals surface area (Å²) in [7, 11) is -3.42. The Morgan fingerprint density at radius 1 is 1.28 bits per heavy atom. The summed E-state index contributed by atoms with van der Waals surface area (Å²) in [6.07, 6.45) is 6.04. The van der Waals surface area contributed by atoms with E-state index in [-0.39, 0.29) is 5.88 Å². The molecule has 1 rings (SSSR count). The molecule has 0 aliphatic heterocycles. The topological polar surface area (TPSA) is 58.5 Å². The normalized spacial score (nSPS) is 12.3. The monoisotopic (exact) mass is 266 g/mol. The van der Waals surface area contributed by atoms with Crippen LogP contribution in [0.3, 0.4) is 0 Å². The van der Waals surface area contributed by atoms with Gasteiger partial charge in [-0.05, 0) is 31.6 Å². The lowest BCUT2D eigenvalue weighted by atomic mass is 10.2. The molecular weight excluding hydrogens is 248 g/mol. The van der Waals surface area contributed by atoms with E-state index in [2.05, 4.69) is 9.71 Å². The highest BCUT2D eigenvalue weighted by Gasteiger charge is 2.07. The Labute approximate surface area is 109 Å². The van der Waals surface area contributed by atoms with E-state index in [1.54, 1.807) is 18.2 Å². The molecule has 0 spiro atoms. The van der Waals surface area contributed by atoms with Crippen LogP contribution in [0.5, 0.6) is 0 Å². The number of aryl methyl sites for hydroxylation is 1. The maximum absolute atomic E-state index is 11.7. The van der Waals surface area contributed by atoms with Gasteiger partial charge in [0.2, 0.25) is 0 Å². The van der Waals surface area contributed by atoms with Crippen LogP contribution in [-0.2, 0) is 10.0 Å². The Balaban J connectivity index is 2.57. The molecule has 0 bridgehead atoms. The molecule has 4 nitrogen and oxygen atoms in total. The molecule has 5 heteroatoms. The van der Waals surface area contributed by atoms with Gasteiger partial charge in [0.25, 0.3) is 10.0 Å². The van der Waals surface area contributed by atoms with Crippen molar-refractivity contribution in [3.63, 3.8) is 0 Å². The third kappa shape index (κ3) is 5.63. The minimum Gasteiger partial charge on any atom is -0.282 e. The molecule has 1 aromatic carbocycles. The van der Waals surface area contributed by atoms with Crippen LogP contribution in [0, 0.1) is 6.92 Å². The highest BCUT2D eigenvalue weighted by atomic mass is 32.2. The van der Waals surface area contributed by atoms with Crippen molar-refractivity contribution in [3.05, 3.63) is 42.0 Å². The van der Waals surface area contributed by atoms with Crippen molar-refractivity contribution in [1.82, 2.24) is 0 Å². The quantitative estimate of drug-likeness (QED) is 0.805. The molecule has 98 valence electrons. The van der Waals surface area contributed by atoms with Crippen LogP contribution in [-0.4, -0.2) is 20.5 Å². The van der Waals surface area contributed by atoms with Crippen molar-refractivity contribution in [2.75, 3.05) is 10.6 Å². The summed E-state index contributed by atoms with van der Waals surface area (Å²) in [4.78, 5) is 3.83. The molecule has 18 heavy (non-hydrogen) atoms. The molecule has 0 radical (unpaired) electrons. The fourth-order valence-corrected chi connectivity index (χ4v) is 2.07. The van der Waals surface area contributed by atoms with Gasteiger partial charge in [0.15, 0.2) is 5.88 Å². The number of anilines is 1. The van der Waals surface area contributed by atoms with Crippen molar-refractivity contribution < 1.29 is 8.42 Å². The van der Waals surface area contributed by atoms with Gasteiger partial charge >= 0.3 is 0 Å². The van der Waals surface area contributed by atoms with Crippen LogP contribution in [0.1, 0.15) is 18.9 Å². The first-order chi connectivity index (χ1) is 8.53. The molecular formula is C13H18N2O2S. The molecule has 0 aliphatic carbocycles. The second-order valence-corrected chi connectivity index (χ2v) is 5.57. The minimum absolute atomic E-state index is 0.269. The van der Waals surface area contributed by atoms with Gasteiger partial charge in [-0.2, -0.15) is 0 Å². The Kier molecular flexibility index (Phi) is 5.58. The SMILES string of the molecule is CC/C=C\C=N/CS(=O)(=O)Nc1ccc(C)cc1. The van der Waals surface area contributed by atoms with Gasteiger partial charge in [0.05, 0.1) is 0 Å². The van der Waals surface area contributed by atoms with E-state index >= 15 is 0 Å². The molecule has 0 atom stereocenters. The number of allylic oxidation sites excluding steroid dienone is 2. The Morgan fingerprint density at radius 2 is 1.94 bits per heavy atom. The zero-order chi connectivity index (χ0) is 13.4. The van der Waals surface area contributed by atoms with E-state index < -0.39 is 10.0 Å². The van der Waals surface area contributed by atoms with E-state index in [9.17, 15) is 8.42 Å². The van der Waals surface area contributed by atoms with E-state index in [1.165, 1.54) is 6.21 Å². The number of hydrogen-bond acceptors (Lipinski definition) is 3. The molecule has 1 aromatic rings. The third-order valence-corrected chi connectivity index (χ3v) is 3.17.